The SMILES string of the molecule is O=[N+]([O-])c1ccc(N(c2ccc(-c3ccc(C(=C(c4ccccc4)c4ccccc4)c4ccccc4)cc3)cc2)c2ccc([N+](=O)[O-])cc2)cc1. The van der Waals surface area contributed by atoms with Crippen LogP contribution in [0.5, 0.6) is 0 Å². The van der Waals surface area contributed by atoms with E-state index in [1.165, 1.54) is 24.3 Å². The second-order valence-corrected chi connectivity index (χ2v) is 11.9. The molecule has 7 heteroatoms. The summed E-state index contributed by atoms with van der Waals surface area (Å²) >= 11 is 0. The summed E-state index contributed by atoms with van der Waals surface area (Å²) in [4.78, 5) is 23.7. The van der Waals surface area contributed by atoms with E-state index in [0.29, 0.717) is 11.4 Å². The quantitative estimate of drug-likeness (QED) is 0.0824. The average molecular weight is 666 g/mol. The van der Waals surface area contributed by atoms with Crippen LogP contribution >= 0.6 is 0 Å². The van der Waals surface area contributed by atoms with Crippen molar-refractivity contribution in [3.8, 4) is 11.1 Å². The third-order valence-electron chi connectivity index (χ3n) is 8.71. The molecule has 0 saturated heterocycles. The average Bonchev–Trinajstić information content (AvgIpc) is 3.19. The smallest absolute Gasteiger partial charge is 0.269 e. The molecule has 0 heterocycles. The standard InChI is InChI=1S/C44H31N3O4/c48-46(49)41-28-24-39(25-29-41)45(40-26-30-42(31-27-40)47(50)51)38-22-20-33(21-23-38)32-16-18-37(19-17-32)44(36-14-8-3-9-15-36)43(34-10-4-1-5-11-34)35-12-6-2-7-13-35/h1-31H. The van der Waals surface area contributed by atoms with Crippen molar-refractivity contribution < 1.29 is 9.85 Å². The number of nitrogens with zero attached hydrogens (tertiary/aromatic N) is 3. The number of non-ortho nitro benzene ring substituents is 2. The Bertz CT molecular complexity index is 2210. The molecule has 0 aliphatic heterocycles. The third kappa shape index (κ3) is 7.04. The number of anilines is 3. The van der Waals surface area contributed by atoms with E-state index in [1.807, 2.05) is 47.4 Å². The lowest BCUT2D eigenvalue weighted by molar-refractivity contribution is -0.385. The van der Waals surface area contributed by atoms with E-state index < -0.39 is 9.85 Å². The van der Waals surface area contributed by atoms with E-state index in [2.05, 4.69) is 97.1 Å². The van der Waals surface area contributed by atoms with Crippen LogP contribution in [0, 0.1) is 20.2 Å². The molecule has 7 aromatic rings. The lowest BCUT2D eigenvalue weighted by atomic mass is 9.85. The minimum Gasteiger partial charge on any atom is -0.310 e. The molecule has 0 aliphatic carbocycles. The molecule has 0 bridgehead atoms. The van der Waals surface area contributed by atoms with Crippen molar-refractivity contribution >= 4 is 39.6 Å². The Morgan fingerprint density at radius 3 is 0.941 bits per heavy atom. The van der Waals surface area contributed by atoms with Crippen LogP contribution in [0.25, 0.3) is 22.3 Å². The Morgan fingerprint density at radius 1 is 0.353 bits per heavy atom. The van der Waals surface area contributed by atoms with Crippen LogP contribution in [0.2, 0.25) is 0 Å². The Kier molecular flexibility index (Phi) is 9.26. The van der Waals surface area contributed by atoms with Gasteiger partial charge in [0.2, 0.25) is 0 Å². The van der Waals surface area contributed by atoms with E-state index >= 15 is 0 Å². The maximum Gasteiger partial charge on any atom is 0.269 e. The maximum atomic E-state index is 11.3. The second kappa shape index (κ2) is 14.6. The molecule has 0 aromatic heterocycles. The molecule has 0 atom stereocenters. The number of hydrogen-bond donors (Lipinski definition) is 0. The minimum absolute atomic E-state index is 0.0221. The van der Waals surface area contributed by atoms with Crippen molar-refractivity contribution in [3.05, 3.63) is 231 Å². The summed E-state index contributed by atoms with van der Waals surface area (Å²) in [6, 6.07) is 60.5. The molecule has 0 aliphatic rings. The highest BCUT2D eigenvalue weighted by molar-refractivity contribution is 6.04. The highest BCUT2D eigenvalue weighted by Gasteiger charge is 2.18. The molecule has 0 radical (unpaired) electrons. The number of nitro groups is 2. The Morgan fingerprint density at radius 2 is 0.627 bits per heavy atom. The van der Waals surface area contributed by atoms with Gasteiger partial charge in [0.15, 0.2) is 0 Å². The largest absolute Gasteiger partial charge is 0.310 e. The zero-order valence-corrected chi connectivity index (χ0v) is 27.4. The summed E-state index contributed by atoms with van der Waals surface area (Å²) in [5.41, 5.74) is 10.9. The molecule has 7 rings (SSSR count). The van der Waals surface area contributed by atoms with Crippen molar-refractivity contribution in [1.29, 1.82) is 0 Å². The van der Waals surface area contributed by atoms with E-state index in [0.717, 1.165) is 50.2 Å². The molecule has 51 heavy (non-hydrogen) atoms. The molecule has 0 unspecified atom stereocenters. The van der Waals surface area contributed by atoms with Gasteiger partial charge in [0.25, 0.3) is 11.4 Å². The predicted octanol–water partition coefficient (Wildman–Crippen LogP) is 11.6. The van der Waals surface area contributed by atoms with Crippen molar-refractivity contribution in [2.24, 2.45) is 0 Å². The Hall–Kier alpha value is -7.12. The number of nitro benzene ring substituents is 2. The molecule has 7 aromatic carbocycles. The Balaban J connectivity index is 1.27. The van der Waals surface area contributed by atoms with Crippen LogP contribution in [0.1, 0.15) is 22.3 Å². The molecular formula is C44H31N3O4. The first-order valence-electron chi connectivity index (χ1n) is 16.4. The molecule has 0 saturated carbocycles. The van der Waals surface area contributed by atoms with Crippen molar-refractivity contribution in [2.45, 2.75) is 0 Å². The second-order valence-electron chi connectivity index (χ2n) is 11.9. The van der Waals surface area contributed by atoms with Crippen LogP contribution < -0.4 is 4.90 Å². The fourth-order valence-corrected chi connectivity index (χ4v) is 6.25. The summed E-state index contributed by atoms with van der Waals surface area (Å²) in [6.45, 7) is 0. The molecular weight excluding hydrogens is 635 g/mol. The summed E-state index contributed by atoms with van der Waals surface area (Å²) < 4.78 is 0. The van der Waals surface area contributed by atoms with Crippen LogP contribution in [0.15, 0.2) is 188 Å². The van der Waals surface area contributed by atoms with Gasteiger partial charge in [-0.25, -0.2) is 0 Å². The van der Waals surface area contributed by atoms with Gasteiger partial charge in [0.05, 0.1) is 9.85 Å². The van der Waals surface area contributed by atoms with E-state index in [1.54, 1.807) is 24.3 Å². The number of hydrogen-bond acceptors (Lipinski definition) is 5. The first-order valence-corrected chi connectivity index (χ1v) is 16.4. The number of rotatable bonds is 10. The minimum atomic E-state index is -0.442. The zero-order chi connectivity index (χ0) is 35.2. The lowest BCUT2D eigenvalue weighted by Crippen LogP contribution is -2.10. The summed E-state index contributed by atoms with van der Waals surface area (Å²) in [6.07, 6.45) is 0. The summed E-state index contributed by atoms with van der Waals surface area (Å²) in [7, 11) is 0. The molecule has 246 valence electrons. The van der Waals surface area contributed by atoms with Crippen LogP contribution in [-0.4, -0.2) is 9.85 Å². The van der Waals surface area contributed by atoms with Gasteiger partial charge in [-0.15, -0.1) is 0 Å². The fraction of sp³-hybridized carbons (Fsp3) is 0. The van der Waals surface area contributed by atoms with Crippen molar-refractivity contribution in [1.82, 2.24) is 0 Å². The van der Waals surface area contributed by atoms with Crippen LogP contribution in [0.3, 0.4) is 0 Å². The van der Waals surface area contributed by atoms with Crippen molar-refractivity contribution in [2.75, 3.05) is 4.90 Å². The van der Waals surface area contributed by atoms with Gasteiger partial charge in [-0.2, -0.15) is 0 Å². The molecule has 7 nitrogen and oxygen atoms in total. The zero-order valence-electron chi connectivity index (χ0n) is 27.4. The first kappa shape index (κ1) is 32.4. The van der Waals surface area contributed by atoms with Crippen LogP contribution in [-0.2, 0) is 0 Å². The normalized spacial score (nSPS) is 10.7. The van der Waals surface area contributed by atoms with E-state index in [-0.39, 0.29) is 11.4 Å². The highest BCUT2D eigenvalue weighted by Crippen LogP contribution is 2.39. The lowest BCUT2D eigenvalue weighted by Gasteiger charge is -2.25. The molecule has 0 fully saturated rings. The first-order chi connectivity index (χ1) is 25.0. The Labute approximate surface area is 295 Å². The van der Waals surface area contributed by atoms with Gasteiger partial charge in [-0.05, 0) is 80.9 Å². The van der Waals surface area contributed by atoms with Gasteiger partial charge < -0.3 is 4.90 Å². The van der Waals surface area contributed by atoms with Crippen LogP contribution in [0.4, 0.5) is 28.4 Å². The molecule has 0 N–H and O–H groups in total. The van der Waals surface area contributed by atoms with E-state index in [4.69, 9.17) is 0 Å². The van der Waals surface area contributed by atoms with Gasteiger partial charge in [0.1, 0.15) is 0 Å². The predicted molar refractivity (Wildman–Crippen MR) is 204 cm³/mol. The van der Waals surface area contributed by atoms with Gasteiger partial charge in [-0.3, -0.25) is 20.2 Å². The summed E-state index contributed by atoms with van der Waals surface area (Å²) in [5.74, 6) is 0. The fourth-order valence-electron chi connectivity index (χ4n) is 6.25. The molecule has 0 spiro atoms. The van der Waals surface area contributed by atoms with Gasteiger partial charge in [0, 0.05) is 41.3 Å². The third-order valence-corrected chi connectivity index (χ3v) is 8.71. The van der Waals surface area contributed by atoms with Crippen molar-refractivity contribution in [3.63, 3.8) is 0 Å². The summed E-state index contributed by atoms with van der Waals surface area (Å²) in [5, 5.41) is 22.6. The number of benzene rings is 7. The maximum absolute atomic E-state index is 11.3. The van der Waals surface area contributed by atoms with Gasteiger partial charge in [-0.1, -0.05) is 127 Å². The monoisotopic (exact) mass is 665 g/mol. The van der Waals surface area contributed by atoms with Gasteiger partial charge >= 0.3 is 0 Å². The molecule has 0 amide bonds. The highest BCUT2D eigenvalue weighted by atomic mass is 16.6. The van der Waals surface area contributed by atoms with E-state index in [9.17, 15) is 20.2 Å². The topological polar surface area (TPSA) is 89.5 Å².